The third-order valence-electron chi connectivity index (χ3n) is 11.8. The maximum absolute atomic E-state index is 6.86. The van der Waals surface area contributed by atoms with Crippen molar-refractivity contribution in [3.05, 3.63) is 0 Å². The maximum Gasteiger partial charge on any atom is 0.0707 e. The van der Waals surface area contributed by atoms with E-state index in [4.69, 9.17) is 7.85 Å². The molecule has 4 aliphatic rings. The van der Waals surface area contributed by atoms with Crippen LogP contribution in [0.4, 0.5) is 0 Å². The van der Waals surface area contributed by atoms with E-state index in [0.29, 0.717) is 5.82 Å². The van der Waals surface area contributed by atoms with Gasteiger partial charge in [-0.2, -0.15) is 0 Å². The van der Waals surface area contributed by atoms with Crippen LogP contribution in [0.25, 0.3) is 0 Å². The van der Waals surface area contributed by atoms with E-state index in [1.165, 1.54) is 128 Å². The summed E-state index contributed by atoms with van der Waals surface area (Å²) in [6, 6.07) is 0. The van der Waals surface area contributed by atoms with Crippen molar-refractivity contribution in [3.63, 3.8) is 0 Å². The van der Waals surface area contributed by atoms with Gasteiger partial charge in [0.05, 0.1) is 7.85 Å². The summed E-state index contributed by atoms with van der Waals surface area (Å²) in [6.07, 6.45) is 29.1. The van der Waals surface area contributed by atoms with Crippen molar-refractivity contribution in [2.45, 2.75) is 169 Å². The van der Waals surface area contributed by atoms with Crippen LogP contribution in [-0.4, -0.2) is 7.85 Å². The predicted molar refractivity (Wildman–Crippen MR) is 176 cm³/mol. The Balaban J connectivity index is 0.00000247. The molecule has 0 nitrogen and oxygen atoms in total. The van der Waals surface area contributed by atoms with Crippen LogP contribution < -0.4 is 0 Å². The molecule has 4 rings (SSSR count). The zero-order valence-electron chi connectivity index (χ0n) is 26.3. The molecule has 220 valence electrons. The van der Waals surface area contributed by atoms with Gasteiger partial charge in [-0.05, 0) is 72.5 Å². The van der Waals surface area contributed by atoms with E-state index < -0.39 is 0 Å². The Morgan fingerprint density at radius 2 is 0.921 bits per heavy atom. The molecule has 3 heteroatoms. The van der Waals surface area contributed by atoms with Gasteiger partial charge >= 0.3 is 0 Å². The minimum absolute atomic E-state index is 0.502. The minimum Gasteiger partial charge on any atom is -0.0713 e. The topological polar surface area (TPSA) is 0 Å². The summed E-state index contributed by atoms with van der Waals surface area (Å²) in [5.74, 6) is 9.16. The molecular weight excluding hydrogens is 495 g/mol. The molecule has 4 saturated carbocycles. The van der Waals surface area contributed by atoms with Crippen LogP contribution in [0.15, 0.2) is 0 Å². The highest BCUT2D eigenvalue weighted by Gasteiger charge is 2.47. The Hall–Kier alpha value is 0.505. The van der Waals surface area contributed by atoms with Gasteiger partial charge in [0.15, 0.2) is 0 Å². The number of hydrogen-bond acceptors (Lipinski definition) is 2. The maximum atomic E-state index is 6.86. The quantitative estimate of drug-likeness (QED) is 0.271. The van der Waals surface area contributed by atoms with Crippen LogP contribution >= 0.6 is 0 Å². The Bertz CT molecular complexity index is 596. The van der Waals surface area contributed by atoms with Crippen molar-refractivity contribution in [2.24, 2.45) is 53.3 Å². The highest BCUT2D eigenvalue weighted by molar-refractivity contribution is 8.07. The van der Waals surface area contributed by atoms with E-state index in [0.717, 1.165) is 53.3 Å². The summed E-state index contributed by atoms with van der Waals surface area (Å²) >= 11 is 7.33. The molecule has 0 N–H and O–H groups in total. The van der Waals surface area contributed by atoms with E-state index >= 15 is 0 Å². The molecular formula is C35H65BS2. The molecule has 4 aliphatic carbocycles. The zero-order valence-corrected chi connectivity index (χ0v) is 27.9. The van der Waals surface area contributed by atoms with Crippen molar-refractivity contribution >= 4 is 30.2 Å². The van der Waals surface area contributed by atoms with Crippen molar-refractivity contribution in [1.82, 2.24) is 0 Å². The van der Waals surface area contributed by atoms with Crippen LogP contribution in [0.1, 0.15) is 163 Å². The molecule has 0 spiro atoms. The summed E-state index contributed by atoms with van der Waals surface area (Å²) in [5, 5.41) is 0. The first kappa shape index (κ1) is 34.7. The average Bonchev–Trinajstić information content (AvgIpc) is 2.93. The molecule has 4 fully saturated rings. The Labute approximate surface area is 251 Å². The van der Waals surface area contributed by atoms with Gasteiger partial charge < -0.3 is 0 Å². The lowest BCUT2D eigenvalue weighted by Crippen LogP contribution is -2.45. The second-order valence-corrected chi connectivity index (χ2v) is 14.0. The Morgan fingerprint density at radius 3 is 1.45 bits per heavy atom. The molecule has 0 aromatic heterocycles. The van der Waals surface area contributed by atoms with E-state index in [2.05, 4.69) is 57.0 Å². The second kappa shape index (κ2) is 19.6. The standard InChI is InChI=1S/C35H65B.S2/c1-6-14-27-18-10-11-19-28(15-7-2)23-25-34-32(33(17-9-4)35(34)36)21-13-12-20-29-26(5)30(24-22-27)31(29)16-8-3;1-2/h26-35H,6-25H2,1-5H3;. The minimum atomic E-state index is 0.502. The molecule has 10 unspecified atom stereocenters. The van der Waals surface area contributed by atoms with E-state index in [1.54, 1.807) is 0 Å². The fourth-order valence-electron chi connectivity index (χ4n) is 9.78. The molecule has 0 aromatic carbocycles. The first-order valence-electron chi connectivity index (χ1n) is 17.5. The van der Waals surface area contributed by atoms with Gasteiger partial charge in [0.1, 0.15) is 0 Å². The molecule has 0 aliphatic heterocycles. The van der Waals surface area contributed by atoms with E-state index in [9.17, 15) is 0 Å². The number of fused-ring (bicyclic) bond motifs is 12. The second-order valence-electron chi connectivity index (χ2n) is 14.0. The molecule has 0 aromatic rings. The zero-order chi connectivity index (χ0) is 27.9. The third-order valence-corrected chi connectivity index (χ3v) is 11.8. The predicted octanol–water partition coefficient (Wildman–Crippen LogP) is 11.4. The molecule has 2 bridgehead atoms. The van der Waals surface area contributed by atoms with Crippen LogP contribution in [0.2, 0.25) is 5.82 Å². The Morgan fingerprint density at radius 1 is 0.500 bits per heavy atom. The first-order valence-corrected chi connectivity index (χ1v) is 18.8. The smallest absolute Gasteiger partial charge is 0.0707 e. The molecule has 0 saturated heterocycles. The highest BCUT2D eigenvalue weighted by atomic mass is 32.8. The van der Waals surface area contributed by atoms with Gasteiger partial charge in [-0.25, -0.2) is 0 Å². The summed E-state index contributed by atoms with van der Waals surface area (Å²) in [4.78, 5) is 0. The lowest BCUT2D eigenvalue weighted by Gasteiger charge is -2.53. The first-order chi connectivity index (χ1) is 18.5. The summed E-state index contributed by atoms with van der Waals surface area (Å²) < 4.78 is 0. The van der Waals surface area contributed by atoms with Crippen LogP contribution in [-0.2, 0) is 22.4 Å². The van der Waals surface area contributed by atoms with Gasteiger partial charge in [-0.1, -0.05) is 150 Å². The largest absolute Gasteiger partial charge is 0.0713 e. The number of hydrogen-bond donors (Lipinski definition) is 0. The molecule has 2 radical (unpaired) electrons. The molecule has 10 atom stereocenters. The number of rotatable bonds is 8. The SMILES string of the molecule is S=S.[B]C1C(CCC)C2CCCCC3C(C)C(CCC(CCC)CCCCC(CCC)CCC12)C3CCC. The highest BCUT2D eigenvalue weighted by Crippen LogP contribution is 2.56. The van der Waals surface area contributed by atoms with Gasteiger partial charge in [-0.15, -0.1) is 0 Å². The van der Waals surface area contributed by atoms with Crippen LogP contribution in [0.3, 0.4) is 0 Å². The summed E-state index contributed by atoms with van der Waals surface area (Å²) in [7, 11) is 6.86. The monoisotopic (exact) mass is 560 g/mol. The molecule has 38 heavy (non-hydrogen) atoms. The van der Waals surface area contributed by atoms with E-state index in [1.807, 2.05) is 0 Å². The lowest BCUT2D eigenvalue weighted by molar-refractivity contribution is -0.0333. The fourth-order valence-corrected chi connectivity index (χ4v) is 9.78. The van der Waals surface area contributed by atoms with Crippen LogP contribution in [0, 0.1) is 53.3 Å². The molecule has 0 amide bonds. The van der Waals surface area contributed by atoms with Crippen molar-refractivity contribution in [2.75, 3.05) is 0 Å². The van der Waals surface area contributed by atoms with Crippen molar-refractivity contribution < 1.29 is 0 Å². The van der Waals surface area contributed by atoms with Gasteiger partial charge in [0.2, 0.25) is 0 Å². The summed E-state index contributed by atoms with van der Waals surface area (Å²) in [5.41, 5.74) is 0. The van der Waals surface area contributed by atoms with Gasteiger partial charge in [0.25, 0.3) is 0 Å². The average molecular weight is 561 g/mol. The Kier molecular flexibility index (Phi) is 17.9. The summed E-state index contributed by atoms with van der Waals surface area (Å²) in [6.45, 7) is 12.2. The van der Waals surface area contributed by atoms with Crippen molar-refractivity contribution in [1.29, 1.82) is 0 Å². The van der Waals surface area contributed by atoms with Crippen LogP contribution in [0.5, 0.6) is 0 Å². The fraction of sp³-hybridized carbons (Fsp3) is 1.00. The van der Waals surface area contributed by atoms with Crippen molar-refractivity contribution in [3.8, 4) is 0 Å². The van der Waals surface area contributed by atoms with Gasteiger partial charge in [-0.3, -0.25) is 0 Å². The normalized spacial score (nSPS) is 39.1. The third kappa shape index (κ3) is 9.81. The molecule has 0 heterocycles. The lowest BCUT2D eigenvalue weighted by atomic mass is 9.46. The van der Waals surface area contributed by atoms with Gasteiger partial charge in [0, 0.05) is 22.4 Å². The van der Waals surface area contributed by atoms with E-state index in [-0.39, 0.29) is 0 Å².